The molecule has 0 aliphatic rings. The predicted molar refractivity (Wildman–Crippen MR) is 103 cm³/mol. The molecular weight excluding hydrogens is 362 g/mol. The molecule has 3 aromatic carbocycles. The smallest absolute Gasteiger partial charge is 0.255 e. The third-order valence-corrected chi connectivity index (χ3v) is 4.10. The Kier molecular flexibility index (Phi) is 5.79. The van der Waals surface area contributed by atoms with E-state index in [-0.39, 0.29) is 17.2 Å². The Hall–Kier alpha value is -3.54. The zero-order valence-electron chi connectivity index (χ0n) is 15.1. The maximum Gasteiger partial charge on any atom is 0.255 e. The topological polar surface area (TPSA) is 58.2 Å². The summed E-state index contributed by atoms with van der Waals surface area (Å²) < 4.78 is 26.7. The molecule has 0 spiro atoms. The molecule has 0 bridgehead atoms. The first-order chi connectivity index (χ1) is 13.4. The van der Waals surface area contributed by atoms with Crippen molar-refractivity contribution in [1.29, 1.82) is 0 Å². The van der Waals surface area contributed by atoms with Crippen LogP contribution >= 0.6 is 0 Å². The van der Waals surface area contributed by atoms with Crippen molar-refractivity contribution in [2.45, 2.75) is 13.5 Å². The molecule has 2 N–H and O–H groups in total. The third kappa shape index (κ3) is 4.79. The van der Waals surface area contributed by atoms with Crippen LogP contribution in [0.1, 0.15) is 31.8 Å². The van der Waals surface area contributed by atoms with Crippen LogP contribution in [0.2, 0.25) is 0 Å². The van der Waals surface area contributed by atoms with Crippen molar-refractivity contribution in [2.75, 3.05) is 5.32 Å². The number of aryl methyl sites for hydroxylation is 1. The van der Waals surface area contributed by atoms with E-state index in [0.29, 0.717) is 18.2 Å². The molecule has 0 aliphatic carbocycles. The second-order valence-electron chi connectivity index (χ2n) is 6.33. The van der Waals surface area contributed by atoms with E-state index in [1.54, 1.807) is 12.1 Å². The van der Waals surface area contributed by atoms with Crippen molar-refractivity contribution in [1.82, 2.24) is 5.32 Å². The van der Waals surface area contributed by atoms with Gasteiger partial charge in [0.1, 0.15) is 11.6 Å². The summed E-state index contributed by atoms with van der Waals surface area (Å²) in [7, 11) is 0. The molecule has 2 amide bonds. The van der Waals surface area contributed by atoms with Crippen LogP contribution in [0, 0.1) is 18.6 Å². The average molecular weight is 380 g/mol. The molecule has 0 saturated carbocycles. The molecule has 0 aliphatic heterocycles. The van der Waals surface area contributed by atoms with Crippen LogP contribution < -0.4 is 10.6 Å². The molecule has 6 heteroatoms. The molecule has 4 nitrogen and oxygen atoms in total. The molecule has 0 atom stereocenters. The summed E-state index contributed by atoms with van der Waals surface area (Å²) in [6.45, 7) is 2.33. The first kappa shape index (κ1) is 19.2. The largest absolute Gasteiger partial charge is 0.348 e. The number of nitrogens with one attached hydrogen (secondary N) is 2. The van der Waals surface area contributed by atoms with Crippen LogP contribution in [0.4, 0.5) is 14.5 Å². The Morgan fingerprint density at radius 3 is 2.29 bits per heavy atom. The Balaban J connectivity index is 1.68. The number of hydrogen-bond acceptors (Lipinski definition) is 2. The monoisotopic (exact) mass is 380 g/mol. The molecule has 142 valence electrons. The SMILES string of the molecule is Cc1cccc(CNC(=O)c2cccc(C(=O)Nc3ccc(F)cc3F)c2)c1. The average Bonchev–Trinajstić information content (AvgIpc) is 2.68. The van der Waals surface area contributed by atoms with Gasteiger partial charge in [0.2, 0.25) is 0 Å². The van der Waals surface area contributed by atoms with E-state index in [1.807, 2.05) is 31.2 Å². The van der Waals surface area contributed by atoms with Gasteiger partial charge >= 0.3 is 0 Å². The van der Waals surface area contributed by atoms with Gasteiger partial charge in [0.15, 0.2) is 0 Å². The summed E-state index contributed by atoms with van der Waals surface area (Å²) in [5.74, 6) is -2.54. The highest BCUT2D eigenvalue weighted by molar-refractivity contribution is 6.06. The molecule has 3 aromatic rings. The van der Waals surface area contributed by atoms with Gasteiger partial charge in [0.25, 0.3) is 11.8 Å². The van der Waals surface area contributed by atoms with Crippen LogP contribution in [0.25, 0.3) is 0 Å². The first-order valence-corrected chi connectivity index (χ1v) is 8.62. The van der Waals surface area contributed by atoms with Crippen LogP contribution in [-0.2, 0) is 6.54 Å². The molecule has 0 radical (unpaired) electrons. The van der Waals surface area contributed by atoms with Gasteiger partial charge in [-0.3, -0.25) is 9.59 Å². The van der Waals surface area contributed by atoms with E-state index >= 15 is 0 Å². The second kappa shape index (κ2) is 8.43. The molecular formula is C22H18F2N2O2. The van der Waals surface area contributed by atoms with Gasteiger partial charge in [-0.2, -0.15) is 0 Å². The first-order valence-electron chi connectivity index (χ1n) is 8.62. The van der Waals surface area contributed by atoms with Crippen LogP contribution in [0.15, 0.2) is 66.7 Å². The molecule has 0 aromatic heterocycles. The zero-order valence-corrected chi connectivity index (χ0v) is 15.1. The van der Waals surface area contributed by atoms with Crippen molar-refractivity contribution in [2.24, 2.45) is 0 Å². The van der Waals surface area contributed by atoms with E-state index < -0.39 is 17.5 Å². The minimum absolute atomic E-state index is 0.138. The minimum atomic E-state index is -0.875. The lowest BCUT2D eigenvalue weighted by molar-refractivity contribution is 0.0951. The predicted octanol–water partition coefficient (Wildman–Crippen LogP) is 4.46. The number of carbonyl (C=O) groups is 2. The number of rotatable bonds is 5. The van der Waals surface area contributed by atoms with Gasteiger partial charge in [0.05, 0.1) is 5.69 Å². The fourth-order valence-corrected chi connectivity index (χ4v) is 2.69. The number of hydrogen-bond donors (Lipinski definition) is 2. The zero-order chi connectivity index (χ0) is 20.1. The van der Waals surface area contributed by atoms with Crippen molar-refractivity contribution < 1.29 is 18.4 Å². The fourth-order valence-electron chi connectivity index (χ4n) is 2.69. The van der Waals surface area contributed by atoms with Gasteiger partial charge in [0, 0.05) is 23.7 Å². The molecule has 0 heterocycles. The lowest BCUT2D eigenvalue weighted by Crippen LogP contribution is -2.23. The van der Waals surface area contributed by atoms with E-state index in [1.165, 1.54) is 12.1 Å². The van der Waals surface area contributed by atoms with E-state index in [4.69, 9.17) is 0 Å². The van der Waals surface area contributed by atoms with Gasteiger partial charge in [-0.05, 0) is 42.8 Å². The van der Waals surface area contributed by atoms with E-state index in [2.05, 4.69) is 10.6 Å². The number of amides is 2. The van der Waals surface area contributed by atoms with Crippen LogP contribution in [0.3, 0.4) is 0 Å². The Morgan fingerprint density at radius 2 is 1.57 bits per heavy atom. The number of anilines is 1. The van der Waals surface area contributed by atoms with Gasteiger partial charge < -0.3 is 10.6 Å². The Labute approximate surface area is 161 Å². The standard InChI is InChI=1S/C22H18F2N2O2/c1-14-4-2-5-15(10-14)13-25-21(27)16-6-3-7-17(11-16)22(28)26-20-9-8-18(23)12-19(20)24/h2-12H,13H2,1H3,(H,25,27)(H,26,28). The summed E-state index contributed by atoms with van der Waals surface area (Å²) in [6, 6.07) is 16.7. The summed E-state index contributed by atoms with van der Waals surface area (Å²) in [6.07, 6.45) is 0. The summed E-state index contributed by atoms with van der Waals surface area (Å²) >= 11 is 0. The molecule has 0 unspecified atom stereocenters. The Bertz CT molecular complexity index is 1030. The number of carbonyl (C=O) groups excluding carboxylic acids is 2. The van der Waals surface area contributed by atoms with Crippen molar-refractivity contribution >= 4 is 17.5 Å². The number of halogens is 2. The molecule has 28 heavy (non-hydrogen) atoms. The highest BCUT2D eigenvalue weighted by Gasteiger charge is 2.13. The highest BCUT2D eigenvalue weighted by Crippen LogP contribution is 2.16. The van der Waals surface area contributed by atoms with Crippen LogP contribution in [-0.4, -0.2) is 11.8 Å². The van der Waals surface area contributed by atoms with Gasteiger partial charge in [-0.15, -0.1) is 0 Å². The van der Waals surface area contributed by atoms with Crippen molar-refractivity contribution in [3.05, 3.63) is 101 Å². The second-order valence-corrected chi connectivity index (χ2v) is 6.33. The highest BCUT2D eigenvalue weighted by atomic mass is 19.1. The van der Waals surface area contributed by atoms with Crippen molar-refractivity contribution in [3.63, 3.8) is 0 Å². The summed E-state index contributed by atoms with van der Waals surface area (Å²) in [5.41, 5.74) is 2.42. The lowest BCUT2D eigenvalue weighted by Gasteiger charge is -2.09. The maximum atomic E-state index is 13.7. The van der Waals surface area contributed by atoms with Gasteiger partial charge in [-0.1, -0.05) is 35.9 Å². The quantitative estimate of drug-likeness (QED) is 0.687. The van der Waals surface area contributed by atoms with Gasteiger partial charge in [-0.25, -0.2) is 8.78 Å². The Morgan fingerprint density at radius 1 is 0.857 bits per heavy atom. The van der Waals surface area contributed by atoms with Crippen LogP contribution in [0.5, 0.6) is 0 Å². The molecule has 3 rings (SSSR count). The maximum absolute atomic E-state index is 13.7. The van der Waals surface area contributed by atoms with Crippen molar-refractivity contribution in [3.8, 4) is 0 Å². The normalized spacial score (nSPS) is 10.4. The fraction of sp³-hybridized carbons (Fsp3) is 0.0909. The molecule has 0 saturated heterocycles. The third-order valence-electron chi connectivity index (χ3n) is 4.10. The molecule has 0 fully saturated rings. The van der Waals surface area contributed by atoms with E-state index in [0.717, 1.165) is 23.3 Å². The number of benzene rings is 3. The minimum Gasteiger partial charge on any atom is -0.348 e. The summed E-state index contributed by atoms with van der Waals surface area (Å²) in [5, 5.41) is 5.17. The van der Waals surface area contributed by atoms with E-state index in [9.17, 15) is 18.4 Å². The lowest BCUT2D eigenvalue weighted by atomic mass is 10.1. The summed E-state index contributed by atoms with van der Waals surface area (Å²) in [4.78, 5) is 24.7.